The minimum Gasteiger partial charge on any atom is -0.342 e. The maximum absolute atomic E-state index is 12.9. The third-order valence-corrected chi connectivity index (χ3v) is 7.17. The number of carbonyl (C=O) groups excluding carboxylic acids is 2. The molecule has 0 spiro atoms. The molecule has 35 heavy (non-hydrogen) atoms. The fourth-order valence-corrected chi connectivity index (χ4v) is 5.01. The van der Waals surface area contributed by atoms with Gasteiger partial charge in [0.2, 0.25) is 11.8 Å². The monoisotopic (exact) mass is 491 g/mol. The summed E-state index contributed by atoms with van der Waals surface area (Å²) in [7, 11) is 0. The molecule has 1 aliphatic heterocycles. The number of carbonyl (C=O) groups is 2. The number of amides is 2. The van der Waals surface area contributed by atoms with Gasteiger partial charge in [0.15, 0.2) is 0 Å². The normalized spacial score (nSPS) is 14.5. The number of likely N-dealkylation sites (N-methyl/N-ethyl adjacent to an activating group) is 1. The average Bonchev–Trinajstić information content (AvgIpc) is 3.54. The van der Waals surface area contributed by atoms with E-state index in [1.54, 1.807) is 17.4 Å². The van der Waals surface area contributed by atoms with Crippen molar-refractivity contribution in [1.29, 1.82) is 0 Å². The molecular weight excluding hydrogens is 458 g/mol. The Bertz CT molecular complexity index is 1130. The summed E-state index contributed by atoms with van der Waals surface area (Å²) in [4.78, 5) is 32.2. The second kappa shape index (κ2) is 12.0. The van der Waals surface area contributed by atoms with Gasteiger partial charge in [-0.25, -0.2) is 0 Å². The molecular formula is C27H33N5O2S. The Kier molecular flexibility index (Phi) is 8.50. The van der Waals surface area contributed by atoms with Gasteiger partial charge in [0, 0.05) is 57.1 Å². The molecule has 3 aromatic rings. The van der Waals surface area contributed by atoms with Crippen molar-refractivity contribution in [3.8, 4) is 10.6 Å². The van der Waals surface area contributed by atoms with Gasteiger partial charge in [-0.3, -0.25) is 19.2 Å². The molecule has 8 heteroatoms. The van der Waals surface area contributed by atoms with Gasteiger partial charge in [0.25, 0.3) is 0 Å². The molecule has 1 aromatic carbocycles. The van der Waals surface area contributed by atoms with Crippen molar-refractivity contribution >= 4 is 29.2 Å². The predicted molar refractivity (Wildman–Crippen MR) is 141 cm³/mol. The van der Waals surface area contributed by atoms with Gasteiger partial charge in [-0.05, 0) is 36.9 Å². The zero-order chi connectivity index (χ0) is 24.6. The van der Waals surface area contributed by atoms with Crippen molar-refractivity contribution < 1.29 is 9.59 Å². The van der Waals surface area contributed by atoms with Crippen molar-refractivity contribution in [3.63, 3.8) is 0 Å². The van der Waals surface area contributed by atoms with Crippen LogP contribution in [-0.4, -0.2) is 82.1 Å². The molecule has 0 aliphatic carbocycles. The number of benzene rings is 1. The summed E-state index contributed by atoms with van der Waals surface area (Å²) in [5.41, 5.74) is 3.00. The van der Waals surface area contributed by atoms with Crippen LogP contribution in [0.15, 0.2) is 60.1 Å². The molecule has 2 amide bonds. The van der Waals surface area contributed by atoms with Crippen molar-refractivity contribution in [2.24, 2.45) is 0 Å². The van der Waals surface area contributed by atoms with Crippen LogP contribution in [0.2, 0.25) is 0 Å². The van der Waals surface area contributed by atoms with E-state index in [4.69, 9.17) is 5.10 Å². The Morgan fingerprint density at radius 3 is 2.43 bits per heavy atom. The molecule has 3 heterocycles. The molecule has 0 bridgehead atoms. The first kappa shape index (κ1) is 24.9. The maximum Gasteiger partial charge on any atom is 0.246 e. The number of thiophene rings is 1. The lowest BCUT2D eigenvalue weighted by Crippen LogP contribution is -2.51. The number of aromatic nitrogens is 2. The summed E-state index contributed by atoms with van der Waals surface area (Å²) in [6.07, 6.45) is 5.53. The lowest BCUT2D eigenvalue weighted by atomic mass is 10.2. The van der Waals surface area contributed by atoms with Crippen LogP contribution in [0, 0.1) is 0 Å². The van der Waals surface area contributed by atoms with Crippen LogP contribution in [0.3, 0.4) is 0 Å². The number of hydrogen-bond acceptors (Lipinski definition) is 5. The van der Waals surface area contributed by atoms with Crippen LogP contribution in [0.5, 0.6) is 0 Å². The zero-order valence-corrected chi connectivity index (χ0v) is 21.3. The Morgan fingerprint density at radius 1 is 1.03 bits per heavy atom. The summed E-state index contributed by atoms with van der Waals surface area (Å²) in [6.45, 7) is 9.23. The van der Waals surface area contributed by atoms with Crippen molar-refractivity contribution in [1.82, 2.24) is 24.5 Å². The molecule has 0 unspecified atom stereocenters. The molecule has 4 rings (SSSR count). The van der Waals surface area contributed by atoms with Crippen LogP contribution in [0.25, 0.3) is 16.6 Å². The highest BCUT2D eigenvalue weighted by Crippen LogP contribution is 2.28. The average molecular weight is 492 g/mol. The van der Waals surface area contributed by atoms with Crippen molar-refractivity contribution in [2.45, 2.75) is 20.4 Å². The van der Waals surface area contributed by atoms with E-state index in [9.17, 15) is 9.59 Å². The van der Waals surface area contributed by atoms with Gasteiger partial charge in [0.05, 0.1) is 18.0 Å². The fourth-order valence-electron chi connectivity index (χ4n) is 4.28. The van der Waals surface area contributed by atoms with E-state index in [0.717, 1.165) is 29.2 Å². The van der Waals surface area contributed by atoms with Crippen LogP contribution in [0.4, 0.5) is 0 Å². The highest BCUT2D eigenvalue weighted by molar-refractivity contribution is 7.13. The Morgan fingerprint density at radius 2 is 1.77 bits per heavy atom. The first-order chi connectivity index (χ1) is 17.1. The SMILES string of the molecule is CCN(CC)C(=O)CN1CCN(C(=O)/C=C/c2cn(Cc3ccccc3)nc2-c2cccs2)CC1. The first-order valence-corrected chi connectivity index (χ1v) is 13.1. The molecule has 0 atom stereocenters. The molecule has 0 N–H and O–H groups in total. The van der Waals surface area contributed by atoms with Crippen LogP contribution >= 0.6 is 11.3 Å². The second-order valence-corrected chi connectivity index (χ2v) is 9.54. The summed E-state index contributed by atoms with van der Waals surface area (Å²) in [6, 6.07) is 14.3. The van der Waals surface area contributed by atoms with E-state index in [1.165, 1.54) is 5.56 Å². The van der Waals surface area contributed by atoms with Gasteiger partial charge in [-0.2, -0.15) is 5.10 Å². The summed E-state index contributed by atoms with van der Waals surface area (Å²) in [5.74, 6) is 0.149. The summed E-state index contributed by atoms with van der Waals surface area (Å²) >= 11 is 1.64. The highest BCUT2D eigenvalue weighted by atomic mass is 32.1. The van der Waals surface area contributed by atoms with Gasteiger partial charge in [-0.1, -0.05) is 36.4 Å². The Hall–Kier alpha value is -3.23. The first-order valence-electron chi connectivity index (χ1n) is 12.2. The van der Waals surface area contributed by atoms with E-state index in [1.807, 2.05) is 70.2 Å². The number of rotatable bonds is 9. The standard InChI is InChI=1S/C27H33N5O2S/c1-3-30(4-2)26(34)21-29-14-16-31(17-15-29)25(33)13-12-23-20-32(19-22-9-6-5-7-10-22)28-27(23)24-11-8-18-35-24/h5-13,18,20H,3-4,14-17,19,21H2,1-2H3/b13-12+. The topological polar surface area (TPSA) is 61.7 Å². The van der Waals surface area contributed by atoms with E-state index in [-0.39, 0.29) is 11.8 Å². The minimum absolute atomic E-state index is 0.00680. The van der Waals surface area contributed by atoms with E-state index >= 15 is 0 Å². The van der Waals surface area contributed by atoms with E-state index < -0.39 is 0 Å². The predicted octanol–water partition coefficient (Wildman–Crippen LogP) is 3.69. The van der Waals surface area contributed by atoms with Gasteiger partial charge in [-0.15, -0.1) is 11.3 Å². The van der Waals surface area contributed by atoms with E-state index in [0.29, 0.717) is 39.3 Å². The number of piperazine rings is 1. The van der Waals surface area contributed by atoms with Gasteiger partial charge >= 0.3 is 0 Å². The lowest BCUT2D eigenvalue weighted by Gasteiger charge is -2.34. The molecule has 184 valence electrons. The third kappa shape index (κ3) is 6.46. The van der Waals surface area contributed by atoms with Crippen molar-refractivity contribution in [3.05, 3.63) is 71.2 Å². The third-order valence-electron chi connectivity index (χ3n) is 6.30. The number of nitrogens with zero attached hydrogens (tertiary/aromatic N) is 5. The maximum atomic E-state index is 12.9. The quantitative estimate of drug-likeness (QED) is 0.429. The molecule has 1 aliphatic rings. The smallest absolute Gasteiger partial charge is 0.246 e. The Labute approximate surface area is 211 Å². The summed E-state index contributed by atoms with van der Waals surface area (Å²) < 4.78 is 1.93. The number of hydrogen-bond donors (Lipinski definition) is 0. The van der Waals surface area contributed by atoms with Crippen LogP contribution < -0.4 is 0 Å². The minimum atomic E-state index is -0.00680. The van der Waals surface area contributed by atoms with Gasteiger partial charge in [0.1, 0.15) is 5.69 Å². The van der Waals surface area contributed by atoms with E-state index in [2.05, 4.69) is 23.1 Å². The molecule has 1 fully saturated rings. The molecule has 0 saturated carbocycles. The molecule has 1 saturated heterocycles. The summed E-state index contributed by atoms with van der Waals surface area (Å²) in [5, 5.41) is 6.85. The Balaban J connectivity index is 1.39. The lowest BCUT2D eigenvalue weighted by molar-refractivity contribution is -0.133. The van der Waals surface area contributed by atoms with Crippen LogP contribution in [0.1, 0.15) is 25.0 Å². The zero-order valence-electron chi connectivity index (χ0n) is 20.5. The molecule has 7 nitrogen and oxygen atoms in total. The molecule has 2 aromatic heterocycles. The largest absolute Gasteiger partial charge is 0.342 e. The van der Waals surface area contributed by atoms with Gasteiger partial charge < -0.3 is 9.80 Å². The fraction of sp³-hybridized carbons (Fsp3) is 0.370. The van der Waals surface area contributed by atoms with Crippen molar-refractivity contribution in [2.75, 3.05) is 45.8 Å². The molecule has 0 radical (unpaired) electrons. The van der Waals surface area contributed by atoms with Crippen LogP contribution in [-0.2, 0) is 16.1 Å². The second-order valence-electron chi connectivity index (χ2n) is 8.59. The highest BCUT2D eigenvalue weighted by Gasteiger charge is 2.22.